The zero-order valence-electron chi connectivity index (χ0n) is 30.4. The summed E-state index contributed by atoms with van der Waals surface area (Å²) in [5, 5.41) is 10.6. The molecule has 1 saturated carbocycles. The predicted octanol–water partition coefficient (Wildman–Crippen LogP) is 6.01. The standard InChI is InChI=1S/C44H47ClN4O5/c45-37-23-31(50)11-12-33(37)38-32-13-14-34-39(43(53)48(41(34)51)29-15-19-46(20-16-29)25-27-7-3-1-4-8-27)35(32)24-36-40(38)44(54)49(42(36)52)30-17-21-47(22-18-30)26-28-9-5-2-6-10-28/h1-13,23,29-30,34-36,38-40,50H,14-22,24-26H2. The van der Waals surface area contributed by atoms with Gasteiger partial charge in [-0.3, -0.25) is 38.8 Å². The Morgan fingerprint density at radius 1 is 0.611 bits per heavy atom. The molecule has 3 aromatic carbocycles. The summed E-state index contributed by atoms with van der Waals surface area (Å²) in [4.78, 5) is 65.8. The van der Waals surface area contributed by atoms with Gasteiger partial charge in [-0.15, -0.1) is 0 Å². The van der Waals surface area contributed by atoms with E-state index in [9.17, 15) is 24.3 Å². The number of phenolic OH excluding ortho intramolecular Hbond substituents is 1. The summed E-state index contributed by atoms with van der Waals surface area (Å²) in [7, 11) is 0. The third-order valence-electron chi connectivity index (χ3n) is 13.4. The van der Waals surface area contributed by atoms with Crippen molar-refractivity contribution in [3.63, 3.8) is 0 Å². The smallest absolute Gasteiger partial charge is 0.234 e. The van der Waals surface area contributed by atoms with Gasteiger partial charge in [0.25, 0.3) is 0 Å². The quantitative estimate of drug-likeness (QED) is 0.234. The van der Waals surface area contributed by atoms with Crippen molar-refractivity contribution in [2.75, 3.05) is 26.2 Å². The van der Waals surface area contributed by atoms with Crippen molar-refractivity contribution in [3.8, 4) is 5.75 Å². The average molecular weight is 747 g/mol. The molecule has 4 heterocycles. The van der Waals surface area contributed by atoms with E-state index in [2.05, 4.69) is 40.1 Å². The van der Waals surface area contributed by atoms with Crippen LogP contribution in [0.3, 0.4) is 0 Å². The molecule has 0 radical (unpaired) electrons. The lowest BCUT2D eigenvalue weighted by Gasteiger charge is -2.44. The Balaban J connectivity index is 0.967. The van der Waals surface area contributed by atoms with Crippen LogP contribution >= 0.6 is 11.6 Å². The number of aromatic hydroxyl groups is 1. The number of fused-ring (bicyclic) bond motifs is 4. The Morgan fingerprint density at radius 2 is 1.13 bits per heavy atom. The molecule has 5 fully saturated rings. The first kappa shape index (κ1) is 35.4. The second-order valence-corrected chi connectivity index (χ2v) is 16.7. The number of hydrogen-bond donors (Lipinski definition) is 1. The minimum Gasteiger partial charge on any atom is -0.508 e. The SMILES string of the molecule is O=C1C2CC=C3C(CC4C(=O)N(C5CCN(Cc6ccccc6)CC5)C(=O)C4C3c3ccc(O)cc3Cl)C2C(=O)N1C1CCN(Cc2ccccc2)CC1. The number of nitrogens with zero attached hydrogens (tertiary/aromatic N) is 4. The molecule has 6 aliphatic rings. The van der Waals surface area contributed by atoms with Crippen molar-refractivity contribution in [2.45, 2.75) is 69.6 Å². The van der Waals surface area contributed by atoms with Gasteiger partial charge in [0.1, 0.15) is 5.75 Å². The molecule has 9 nitrogen and oxygen atoms in total. The van der Waals surface area contributed by atoms with Crippen LogP contribution in [-0.2, 0) is 32.3 Å². The Kier molecular flexibility index (Phi) is 9.44. The van der Waals surface area contributed by atoms with Gasteiger partial charge >= 0.3 is 0 Å². The minimum atomic E-state index is -0.654. The molecular formula is C44H47ClN4O5. The van der Waals surface area contributed by atoms with Crippen LogP contribution in [0.25, 0.3) is 0 Å². The number of halogens is 1. The fourth-order valence-corrected chi connectivity index (χ4v) is 11.1. The molecule has 3 aromatic rings. The molecule has 6 atom stereocenters. The highest BCUT2D eigenvalue weighted by Gasteiger charge is 2.63. The lowest BCUT2D eigenvalue weighted by Crippen LogP contribution is -2.48. The van der Waals surface area contributed by atoms with Gasteiger partial charge in [0, 0.05) is 62.3 Å². The van der Waals surface area contributed by atoms with Crippen LogP contribution in [0.1, 0.15) is 61.1 Å². The van der Waals surface area contributed by atoms with Crippen LogP contribution in [0.15, 0.2) is 90.5 Å². The fraction of sp³-hybridized carbons (Fsp3) is 0.455. The Labute approximate surface area is 321 Å². The topological polar surface area (TPSA) is 101 Å². The van der Waals surface area contributed by atoms with Gasteiger partial charge in [-0.1, -0.05) is 90.0 Å². The number of hydrogen-bond acceptors (Lipinski definition) is 7. The number of phenols is 1. The van der Waals surface area contributed by atoms with E-state index >= 15 is 0 Å². The fourth-order valence-electron chi connectivity index (χ4n) is 10.8. The number of imide groups is 2. The first-order valence-electron chi connectivity index (χ1n) is 19.7. The average Bonchev–Trinajstić information content (AvgIpc) is 3.59. The summed E-state index contributed by atoms with van der Waals surface area (Å²) < 4.78 is 0. The van der Waals surface area contributed by atoms with Crippen molar-refractivity contribution in [3.05, 3.63) is 112 Å². The maximum Gasteiger partial charge on any atom is 0.234 e. The van der Waals surface area contributed by atoms with Crippen LogP contribution in [0.2, 0.25) is 5.02 Å². The van der Waals surface area contributed by atoms with Gasteiger partial charge in [0.2, 0.25) is 23.6 Å². The number of benzene rings is 3. The molecule has 0 spiro atoms. The molecule has 280 valence electrons. The molecule has 1 N–H and O–H groups in total. The monoisotopic (exact) mass is 746 g/mol. The summed E-state index contributed by atoms with van der Waals surface area (Å²) in [6.45, 7) is 4.86. The van der Waals surface area contributed by atoms with E-state index in [1.54, 1.807) is 21.9 Å². The summed E-state index contributed by atoms with van der Waals surface area (Å²) in [6, 6.07) is 25.2. The van der Waals surface area contributed by atoms with E-state index in [1.807, 2.05) is 36.4 Å². The van der Waals surface area contributed by atoms with E-state index in [4.69, 9.17) is 11.6 Å². The Bertz CT molecular complexity index is 1970. The Morgan fingerprint density at radius 3 is 1.67 bits per heavy atom. The van der Waals surface area contributed by atoms with Crippen LogP contribution < -0.4 is 0 Å². The number of likely N-dealkylation sites (tertiary alicyclic amines) is 4. The molecule has 9 rings (SSSR count). The van der Waals surface area contributed by atoms with Crippen molar-refractivity contribution in [1.82, 2.24) is 19.6 Å². The second-order valence-electron chi connectivity index (χ2n) is 16.3. The van der Waals surface area contributed by atoms with Crippen LogP contribution in [0, 0.1) is 29.6 Å². The predicted molar refractivity (Wildman–Crippen MR) is 204 cm³/mol. The third-order valence-corrected chi connectivity index (χ3v) is 13.7. The number of piperidine rings is 2. The minimum absolute atomic E-state index is 0.0186. The summed E-state index contributed by atoms with van der Waals surface area (Å²) in [5.74, 6) is -3.74. The number of rotatable bonds is 7. The van der Waals surface area contributed by atoms with Crippen molar-refractivity contribution in [2.24, 2.45) is 29.6 Å². The van der Waals surface area contributed by atoms with Gasteiger partial charge in [0.15, 0.2) is 0 Å². The number of carbonyl (C=O) groups excluding carboxylic acids is 4. The third kappa shape index (κ3) is 6.18. The molecule has 4 amide bonds. The maximum absolute atomic E-state index is 14.6. The maximum atomic E-state index is 14.6. The largest absolute Gasteiger partial charge is 0.508 e. The van der Waals surface area contributed by atoms with Crippen LogP contribution in [0.5, 0.6) is 5.75 Å². The zero-order valence-corrected chi connectivity index (χ0v) is 31.2. The van der Waals surface area contributed by atoms with Crippen LogP contribution in [-0.4, -0.2) is 86.6 Å². The van der Waals surface area contributed by atoms with E-state index in [-0.39, 0.29) is 47.4 Å². The zero-order chi connectivity index (χ0) is 37.1. The van der Waals surface area contributed by atoms with E-state index in [0.717, 1.165) is 57.7 Å². The number of carbonyl (C=O) groups is 4. The van der Waals surface area contributed by atoms with E-state index in [0.29, 0.717) is 36.3 Å². The van der Waals surface area contributed by atoms with Gasteiger partial charge < -0.3 is 5.11 Å². The highest BCUT2D eigenvalue weighted by atomic mass is 35.5. The summed E-state index contributed by atoms with van der Waals surface area (Å²) >= 11 is 6.85. The van der Waals surface area contributed by atoms with E-state index < -0.39 is 29.6 Å². The van der Waals surface area contributed by atoms with Crippen molar-refractivity contribution >= 4 is 35.2 Å². The molecule has 0 bridgehead atoms. The summed E-state index contributed by atoms with van der Waals surface area (Å²) in [6.07, 6.45) is 5.73. The van der Waals surface area contributed by atoms with Gasteiger partial charge in [-0.25, -0.2) is 0 Å². The molecule has 10 heteroatoms. The molecule has 4 aliphatic heterocycles. The Hall–Kier alpha value is -4.31. The highest BCUT2D eigenvalue weighted by molar-refractivity contribution is 6.31. The summed E-state index contributed by atoms with van der Waals surface area (Å²) in [5.41, 5.74) is 4.11. The van der Waals surface area contributed by atoms with Gasteiger partial charge in [-0.2, -0.15) is 0 Å². The highest BCUT2D eigenvalue weighted by Crippen LogP contribution is 2.59. The normalized spacial score (nSPS) is 29.7. The number of amides is 4. The van der Waals surface area contributed by atoms with Gasteiger partial charge in [0.05, 0.1) is 23.7 Å². The molecule has 0 aromatic heterocycles. The van der Waals surface area contributed by atoms with Crippen molar-refractivity contribution in [1.29, 1.82) is 0 Å². The molecule has 54 heavy (non-hydrogen) atoms. The second kappa shape index (κ2) is 14.4. The molecule has 6 unspecified atom stereocenters. The lowest BCUT2D eigenvalue weighted by atomic mass is 9.57. The molecular weight excluding hydrogens is 700 g/mol. The van der Waals surface area contributed by atoms with E-state index in [1.165, 1.54) is 17.2 Å². The number of allylic oxidation sites excluding steroid dienone is 2. The molecule has 2 aliphatic carbocycles. The van der Waals surface area contributed by atoms with Crippen molar-refractivity contribution < 1.29 is 24.3 Å². The van der Waals surface area contributed by atoms with Crippen LogP contribution in [0.4, 0.5) is 0 Å². The first-order chi connectivity index (χ1) is 26.3. The molecule has 4 saturated heterocycles. The van der Waals surface area contributed by atoms with Gasteiger partial charge in [-0.05, 0) is 73.3 Å². The first-order valence-corrected chi connectivity index (χ1v) is 20.1. The lowest BCUT2D eigenvalue weighted by molar-refractivity contribution is -0.146.